The van der Waals surface area contributed by atoms with E-state index >= 15 is 0 Å². The number of methoxy groups -OCH3 is 1. The monoisotopic (exact) mass is 227 g/mol. The Kier molecular flexibility index (Phi) is 5.42. The Hall–Kier alpha value is -0.940. The molecule has 1 aromatic heterocycles. The minimum atomic E-state index is -0.0670. The average Bonchev–Trinajstić information content (AvgIpc) is 2.68. The molecule has 0 bridgehead atoms. The molecule has 0 aliphatic heterocycles. The first-order valence-electron chi connectivity index (χ1n) is 5.73. The van der Waals surface area contributed by atoms with Gasteiger partial charge in [-0.15, -0.1) is 0 Å². The van der Waals surface area contributed by atoms with Crippen LogP contribution in [0.3, 0.4) is 0 Å². The topological polar surface area (TPSA) is 60.2 Å². The number of rotatable bonds is 7. The zero-order valence-corrected chi connectivity index (χ0v) is 10.5. The van der Waals surface area contributed by atoms with Gasteiger partial charge in [-0.1, -0.05) is 25.9 Å². The van der Waals surface area contributed by atoms with Crippen LogP contribution in [0, 0.1) is 5.92 Å². The van der Waals surface area contributed by atoms with Gasteiger partial charge in [0.25, 0.3) is 0 Å². The summed E-state index contributed by atoms with van der Waals surface area (Å²) in [7, 11) is 1.65. The standard InChI is InChI=1S/C11H21N3O2/c1-5-9(15-4)11-13-10(16-14-11)7-12-6-8(2)3/h8-9,12H,5-7H2,1-4H3. The molecule has 16 heavy (non-hydrogen) atoms. The van der Waals surface area contributed by atoms with Crippen molar-refractivity contribution in [1.82, 2.24) is 15.5 Å². The number of hydrogen-bond donors (Lipinski definition) is 1. The average molecular weight is 227 g/mol. The minimum absolute atomic E-state index is 0.0670. The molecular formula is C11H21N3O2. The molecule has 92 valence electrons. The van der Waals surface area contributed by atoms with Crippen LogP contribution in [0.5, 0.6) is 0 Å². The van der Waals surface area contributed by atoms with Gasteiger partial charge in [-0.3, -0.25) is 0 Å². The summed E-state index contributed by atoms with van der Waals surface area (Å²) in [6, 6.07) is 0. The van der Waals surface area contributed by atoms with Crippen LogP contribution in [-0.2, 0) is 11.3 Å². The fraction of sp³-hybridized carbons (Fsp3) is 0.818. The van der Waals surface area contributed by atoms with Crippen molar-refractivity contribution in [2.24, 2.45) is 5.92 Å². The van der Waals surface area contributed by atoms with Crippen LogP contribution < -0.4 is 5.32 Å². The lowest BCUT2D eigenvalue weighted by molar-refractivity contribution is 0.0903. The number of nitrogens with zero attached hydrogens (tertiary/aromatic N) is 2. The van der Waals surface area contributed by atoms with Gasteiger partial charge in [-0.25, -0.2) is 0 Å². The fourth-order valence-electron chi connectivity index (χ4n) is 1.39. The highest BCUT2D eigenvalue weighted by Crippen LogP contribution is 2.16. The lowest BCUT2D eigenvalue weighted by Gasteiger charge is -2.06. The molecule has 1 rings (SSSR count). The summed E-state index contributed by atoms with van der Waals surface area (Å²) in [4.78, 5) is 4.28. The first-order valence-corrected chi connectivity index (χ1v) is 5.73. The third-order valence-electron chi connectivity index (χ3n) is 2.26. The number of nitrogens with one attached hydrogen (secondary N) is 1. The van der Waals surface area contributed by atoms with E-state index in [1.165, 1.54) is 0 Å². The Labute approximate surface area is 96.6 Å². The van der Waals surface area contributed by atoms with E-state index < -0.39 is 0 Å². The van der Waals surface area contributed by atoms with Crippen LogP contribution in [0.25, 0.3) is 0 Å². The maximum Gasteiger partial charge on any atom is 0.240 e. The number of aromatic nitrogens is 2. The van der Waals surface area contributed by atoms with Gasteiger partial charge >= 0.3 is 0 Å². The van der Waals surface area contributed by atoms with Crippen molar-refractivity contribution in [3.05, 3.63) is 11.7 Å². The molecule has 0 aliphatic carbocycles. The summed E-state index contributed by atoms with van der Waals surface area (Å²) in [5.74, 6) is 1.86. The third kappa shape index (κ3) is 3.90. The molecule has 1 N–H and O–H groups in total. The normalized spacial score (nSPS) is 13.3. The first kappa shape index (κ1) is 13.1. The first-order chi connectivity index (χ1) is 7.67. The smallest absolute Gasteiger partial charge is 0.240 e. The summed E-state index contributed by atoms with van der Waals surface area (Å²) < 4.78 is 10.4. The second kappa shape index (κ2) is 6.60. The fourth-order valence-corrected chi connectivity index (χ4v) is 1.39. The molecule has 1 heterocycles. The van der Waals surface area contributed by atoms with Crippen LogP contribution in [0.2, 0.25) is 0 Å². The summed E-state index contributed by atoms with van der Waals surface area (Å²) >= 11 is 0. The Morgan fingerprint density at radius 3 is 2.75 bits per heavy atom. The van der Waals surface area contributed by atoms with Crippen molar-refractivity contribution >= 4 is 0 Å². The lowest BCUT2D eigenvalue weighted by atomic mass is 10.2. The van der Waals surface area contributed by atoms with Crippen LogP contribution in [0.15, 0.2) is 4.52 Å². The molecule has 0 fully saturated rings. The summed E-state index contributed by atoms with van der Waals surface area (Å²) in [5.41, 5.74) is 0. The highest BCUT2D eigenvalue weighted by molar-refractivity contribution is 4.90. The van der Waals surface area contributed by atoms with Crippen LogP contribution in [-0.4, -0.2) is 23.8 Å². The summed E-state index contributed by atoms with van der Waals surface area (Å²) in [5, 5.41) is 7.16. The molecule has 0 amide bonds. The van der Waals surface area contributed by atoms with Gasteiger partial charge in [0.15, 0.2) is 0 Å². The predicted octanol–water partition coefficient (Wildman–Crippen LogP) is 1.91. The van der Waals surface area contributed by atoms with E-state index in [0.717, 1.165) is 13.0 Å². The van der Waals surface area contributed by atoms with E-state index in [2.05, 4.69) is 29.3 Å². The van der Waals surface area contributed by atoms with Crippen LogP contribution >= 0.6 is 0 Å². The predicted molar refractivity (Wildman–Crippen MR) is 60.9 cm³/mol. The largest absolute Gasteiger partial charge is 0.373 e. The molecule has 1 aromatic rings. The molecule has 0 saturated carbocycles. The van der Waals surface area contributed by atoms with E-state index in [9.17, 15) is 0 Å². The van der Waals surface area contributed by atoms with E-state index in [4.69, 9.17) is 9.26 Å². The lowest BCUT2D eigenvalue weighted by Crippen LogP contribution is -2.19. The van der Waals surface area contributed by atoms with Crippen molar-refractivity contribution in [1.29, 1.82) is 0 Å². The maximum atomic E-state index is 5.24. The quantitative estimate of drug-likeness (QED) is 0.771. The second-order valence-electron chi connectivity index (χ2n) is 4.20. The Bertz CT molecular complexity index is 295. The van der Waals surface area contributed by atoms with E-state index in [1.807, 2.05) is 6.92 Å². The van der Waals surface area contributed by atoms with E-state index in [1.54, 1.807) is 7.11 Å². The van der Waals surface area contributed by atoms with Gasteiger partial charge in [0, 0.05) is 7.11 Å². The molecule has 5 nitrogen and oxygen atoms in total. The summed E-state index contributed by atoms with van der Waals surface area (Å²) in [6.45, 7) is 7.90. The highest BCUT2D eigenvalue weighted by Gasteiger charge is 2.15. The highest BCUT2D eigenvalue weighted by atomic mass is 16.5. The maximum absolute atomic E-state index is 5.24. The molecule has 0 aliphatic rings. The summed E-state index contributed by atoms with van der Waals surface area (Å²) in [6.07, 6.45) is 0.775. The van der Waals surface area contributed by atoms with Crippen molar-refractivity contribution in [3.8, 4) is 0 Å². The van der Waals surface area contributed by atoms with Gasteiger partial charge in [-0.2, -0.15) is 4.98 Å². The number of ether oxygens (including phenoxy) is 1. The van der Waals surface area contributed by atoms with Gasteiger partial charge < -0.3 is 14.6 Å². The van der Waals surface area contributed by atoms with Crippen molar-refractivity contribution in [2.45, 2.75) is 39.8 Å². The van der Waals surface area contributed by atoms with Crippen LogP contribution in [0.1, 0.15) is 45.0 Å². The van der Waals surface area contributed by atoms with Crippen molar-refractivity contribution in [3.63, 3.8) is 0 Å². The van der Waals surface area contributed by atoms with Crippen molar-refractivity contribution < 1.29 is 9.26 Å². The molecule has 0 aromatic carbocycles. The molecular weight excluding hydrogens is 206 g/mol. The van der Waals surface area contributed by atoms with E-state index in [-0.39, 0.29) is 6.10 Å². The Balaban J connectivity index is 2.44. The molecule has 1 atom stereocenters. The second-order valence-corrected chi connectivity index (χ2v) is 4.20. The minimum Gasteiger partial charge on any atom is -0.373 e. The zero-order chi connectivity index (χ0) is 12.0. The van der Waals surface area contributed by atoms with Gasteiger partial charge in [0.1, 0.15) is 6.10 Å². The van der Waals surface area contributed by atoms with Gasteiger partial charge in [-0.05, 0) is 18.9 Å². The van der Waals surface area contributed by atoms with Gasteiger partial charge in [0.2, 0.25) is 11.7 Å². The molecule has 0 radical (unpaired) electrons. The zero-order valence-electron chi connectivity index (χ0n) is 10.5. The molecule has 0 saturated heterocycles. The van der Waals surface area contributed by atoms with E-state index in [0.29, 0.717) is 24.2 Å². The van der Waals surface area contributed by atoms with Crippen LogP contribution in [0.4, 0.5) is 0 Å². The number of hydrogen-bond acceptors (Lipinski definition) is 5. The third-order valence-corrected chi connectivity index (χ3v) is 2.26. The SMILES string of the molecule is CCC(OC)c1noc(CNCC(C)C)n1. The molecule has 5 heteroatoms. The Morgan fingerprint density at radius 2 is 2.19 bits per heavy atom. The Morgan fingerprint density at radius 1 is 1.44 bits per heavy atom. The molecule has 0 spiro atoms. The van der Waals surface area contributed by atoms with Gasteiger partial charge in [0.05, 0.1) is 6.54 Å². The van der Waals surface area contributed by atoms with Crippen molar-refractivity contribution in [2.75, 3.05) is 13.7 Å². The molecule has 1 unspecified atom stereocenters.